The fourth-order valence-corrected chi connectivity index (χ4v) is 5.74. The van der Waals surface area contributed by atoms with Crippen LogP contribution in [0.1, 0.15) is 17.5 Å². The quantitative estimate of drug-likeness (QED) is 0.346. The molecule has 0 aliphatic heterocycles. The molecular weight excluding hydrogens is 483 g/mol. The number of aliphatic carboxylic acids is 1. The maximum atomic E-state index is 14.1. The Kier molecular flexibility index (Phi) is 6.33. The van der Waals surface area contributed by atoms with Crippen molar-refractivity contribution in [2.75, 3.05) is 0 Å². The van der Waals surface area contributed by atoms with E-state index >= 15 is 0 Å². The molecule has 0 aliphatic rings. The van der Waals surface area contributed by atoms with Crippen LogP contribution in [0.3, 0.4) is 0 Å². The molecule has 0 spiro atoms. The van der Waals surface area contributed by atoms with E-state index in [1.54, 1.807) is 48.5 Å². The highest BCUT2D eigenvalue weighted by Crippen LogP contribution is 2.41. The van der Waals surface area contributed by atoms with Gasteiger partial charge in [0.15, 0.2) is 5.75 Å². The first kappa shape index (κ1) is 24.3. The van der Waals surface area contributed by atoms with Gasteiger partial charge in [0.05, 0.1) is 5.52 Å². The Morgan fingerprint density at radius 2 is 1.66 bits per heavy atom. The van der Waals surface area contributed by atoms with Gasteiger partial charge in [-0.25, -0.2) is 12.4 Å². The Morgan fingerprint density at radius 1 is 1.00 bits per heavy atom. The summed E-state index contributed by atoms with van der Waals surface area (Å²) in [5, 5.41) is 9.57. The van der Waals surface area contributed by atoms with Crippen molar-refractivity contribution in [3.05, 3.63) is 84.1 Å². The number of hydrogen-bond acceptors (Lipinski definition) is 4. The van der Waals surface area contributed by atoms with Gasteiger partial charge in [-0.1, -0.05) is 60.7 Å². The molecule has 4 rings (SSSR count). The van der Waals surface area contributed by atoms with Crippen molar-refractivity contribution in [1.82, 2.24) is 3.97 Å². The number of halogens is 3. The van der Waals surface area contributed by atoms with Gasteiger partial charge < -0.3 is 9.84 Å². The number of ether oxygens (including phenoxy) is 1. The van der Waals surface area contributed by atoms with E-state index in [-0.39, 0.29) is 29.5 Å². The second-order valence-corrected chi connectivity index (χ2v) is 9.62. The first-order chi connectivity index (χ1) is 16.5. The predicted molar refractivity (Wildman–Crippen MR) is 124 cm³/mol. The lowest BCUT2D eigenvalue weighted by atomic mass is 10.0. The van der Waals surface area contributed by atoms with Crippen molar-refractivity contribution in [3.63, 3.8) is 0 Å². The summed E-state index contributed by atoms with van der Waals surface area (Å²) in [5.74, 6) is -1.88. The third-order valence-corrected chi connectivity index (χ3v) is 7.24. The maximum absolute atomic E-state index is 14.1. The molecule has 35 heavy (non-hydrogen) atoms. The highest BCUT2D eigenvalue weighted by atomic mass is 32.2. The Labute approximate surface area is 199 Å². The molecule has 0 atom stereocenters. The number of nitrogens with zero attached hydrogens (tertiary/aromatic N) is 1. The largest absolute Gasteiger partial charge is 0.573 e. The van der Waals surface area contributed by atoms with Gasteiger partial charge in [0.1, 0.15) is 4.90 Å². The Balaban J connectivity index is 2.03. The van der Waals surface area contributed by atoms with Gasteiger partial charge in [0, 0.05) is 23.6 Å². The molecule has 0 fully saturated rings. The number of aromatic nitrogens is 1. The van der Waals surface area contributed by atoms with Crippen LogP contribution in [0.5, 0.6) is 5.75 Å². The number of para-hydroxylation sites is 1. The van der Waals surface area contributed by atoms with E-state index in [2.05, 4.69) is 4.74 Å². The zero-order valence-electron chi connectivity index (χ0n) is 18.4. The van der Waals surface area contributed by atoms with E-state index in [0.717, 1.165) is 3.97 Å². The van der Waals surface area contributed by atoms with Crippen molar-refractivity contribution in [1.29, 1.82) is 0 Å². The van der Waals surface area contributed by atoms with Gasteiger partial charge in [-0.3, -0.25) is 4.79 Å². The minimum atomic E-state index is -5.13. The molecule has 1 heterocycles. The molecule has 1 aromatic heterocycles. The summed E-state index contributed by atoms with van der Waals surface area (Å²) in [7, 11) is -4.64. The summed E-state index contributed by atoms with van der Waals surface area (Å²) < 4.78 is 73.4. The molecule has 0 unspecified atom stereocenters. The lowest BCUT2D eigenvalue weighted by Gasteiger charge is -2.20. The molecule has 0 saturated heterocycles. The van der Waals surface area contributed by atoms with Crippen LogP contribution in [0, 0.1) is 6.92 Å². The van der Waals surface area contributed by atoms with Gasteiger partial charge in [0.25, 0.3) is 10.0 Å². The Morgan fingerprint density at radius 3 is 2.31 bits per heavy atom. The number of carbonyl (C=O) groups is 1. The normalized spacial score (nSPS) is 12.1. The van der Waals surface area contributed by atoms with E-state index in [4.69, 9.17) is 5.11 Å². The molecule has 182 valence electrons. The fourth-order valence-electron chi connectivity index (χ4n) is 3.96. The van der Waals surface area contributed by atoms with Gasteiger partial charge in [-0.15, -0.1) is 13.2 Å². The van der Waals surface area contributed by atoms with Gasteiger partial charge in [-0.05, 0) is 36.1 Å². The topological polar surface area (TPSA) is 85.6 Å². The standard InChI is InChI=1S/C25H20F3NO5S/c1-16-11-13-20(17-7-3-2-4-8-17)24(23(16)34-25(26,27)28)35(32,33)29-15-18(12-14-22(30)31)19-9-5-6-10-21(19)29/h2-11,13,15H,12,14H2,1H3,(H,30,31). The van der Waals surface area contributed by atoms with Crippen molar-refractivity contribution in [2.45, 2.75) is 31.0 Å². The van der Waals surface area contributed by atoms with Gasteiger partial charge in [-0.2, -0.15) is 0 Å². The highest BCUT2D eigenvalue weighted by Gasteiger charge is 2.37. The lowest BCUT2D eigenvalue weighted by molar-refractivity contribution is -0.275. The van der Waals surface area contributed by atoms with Crippen LogP contribution in [-0.2, 0) is 21.2 Å². The molecule has 0 saturated carbocycles. The summed E-state index contributed by atoms with van der Waals surface area (Å²) in [6.45, 7) is 1.33. The molecule has 0 aliphatic carbocycles. The van der Waals surface area contributed by atoms with E-state index < -0.39 is 33.0 Å². The monoisotopic (exact) mass is 503 g/mol. The van der Waals surface area contributed by atoms with E-state index in [9.17, 15) is 26.4 Å². The molecule has 0 amide bonds. The van der Waals surface area contributed by atoms with Crippen LogP contribution in [-0.4, -0.2) is 29.8 Å². The number of carboxylic acids is 1. The summed E-state index contributed by atoms with van der Waals surface area (Å²) in [6.07, 6.45) is -4.06. The maximum Gasteiger partial charge on any atom is 0.573 e. The summed E-state index contributed by atoms with van der Waals surface area (Å²) in [5.41, 5.74) is 1.08. The first-order valence-electron chi connectivity index (χ1n) is 10.5. The minimum Gasteiger partial charge on any atom is -0.481 e. The SMILES string of the molecule is Cc1ccc(-c2ccccc2)c(S(=O)(=O)n2cc(CCC(=O)O)c3ccccc32)c1OC(F)(F)F. The van der Waals surface area contributed by atoms with E-state index in [1.165, 1.54) is 31.3 Å². The second-order valence-electron chi connectivity index (χ2n) is 7.87. The third-order valence-electron chi connectivity index (χ3n) is 5.50. The smallest absolute Gasteiger partial charge is 0.481 e. The summed E-state index contributed by atoms with van der Waals surface area (Å²) >= 11 is 0. The number of alkyl halides is 3. The molecule has 1 N–H and O–H groups in total. The minimum absolute atomic E-state index is 0.0110. The van der Waals surface area contributed by atoms with Crippen molar-refractivity contribution in [3.8, 4) is 16.9 Å². The zero-order chi connectivity index (χ0) is 25.4. The number of fused-ring (bicyclic) bond motifs is 1. The molecule has 0 bridgehead atoms. The molecular formula is C25H20F3NO5S. The highest BCUT2D eigenvalue weighted by molar-refractivity contribution is 7.90. The van der Waals surface area contributed by atoms with Crippen LogP contribution in [0.15, 0.2) is 77.8 Å². The lowest BCUT2D eigenvalue weighted by Crippen LogP contribution is -2.22. The third kappa shape index (κ3) is 4.88. The first-order valence-corrected chi connectivity index (χ1v) is 11.9. The Bertz CT molecular complexity index is 1510. The predicted octanol–water partition coefficient (Wildman–Crippen LogP) is 5.77. The van der Waals surface area contributed by atoms with Crippen LogP contribution in [0.4, 0.5) is 13.2 Å². The van der Waals surface area contributed by atoms with Crippen molar-refractivity contribution < 1.29 is 36.2 Å². The van der Waals surface area contributed by atoms with Crippen LogP contribution in [0.2, 0.25) is 0 Å². The van der Waals surface area contributed by atoms with Gasteiger partial charge in [0.2, 0.25) is 0 Å². The summed E-state index contributed by atoms with van der Waals surface area (Å²) in [4.78, 5) is 10.5. The fraction of sp³-hybridized carbons (Fsp3) is 0.160. The zero-order valence-corrected chi connectivity index (χ0v) is 19.2. The number of rotatable bonds is 7. The number of carboxylic acid groups (broad SMARTS) is 1. The molecule has 3 aromatic carbocycles. The van der Waals surface area contributed by atoms with Gasteiger partial charge >= 0.3 is 12.3 Å². The summed E-state index contributed by atoms with van der Waals surface area (Å²) in [6, 6.07) is 17.4. The average molecular weight is 503 g/mol. The molecule has 0 radical (unpaired) electrons. The van der Waals surface area contributed by atoms with E-state index in [1.807, 2.05) is 0 Å². The van der Waals surface area contributed by atoms with E-state index in [0.29, 0.717) is 16.5 Å². The Hall–Kier alpha value is -3.79. The second kappa shape index (κ2) is 9.10. The van der Waals surface area contributed by atoms with Crippen LogP contribution >= 0.6 is 0 Å². The van der Waals surface area contributed by atoms with Crippen LogP contribution < -0.4 is 4.74 Å². The number of hydrogen-bond donors (Lipinski definition) is 1. The molecule has 6 nitrogen and oxygen atoms in total. The van der Waals surface area contributed by atoms with Crippen molar-refractivity contribution in [2.24, 2.45) is 0 Å². The van der Waals surface area contributed by atoms with Crippen LogP contribution in [0.25, 0.3) is 22.0 Å². The molecule has 4 aromatic rings. The van der Waals surface area contributed by atoms with Crippen molar-refractivity contribution >= 4 is 26.9 Å². The number of aryl methyl sites for hydroxylation is 2. The molecule has 10 heteroatoms. The average Bonchev–Trinajstić information content (AvgIpc) is 3.18. The number of benzene rings is 3.